The van der Waals surface area contributed by atoms with Crippen LogP contribution >= 0.6 is 11.6 Å². The van der Waals surface area contributed by atoms with Gasteiger partial charge in [-0.05, 0) is 24.3 Å². The van der Waals surface area contributed by atoms with E-state index in [9.17, 15) is 9.18 Å². The van der Waals surface area contributed by atoms with Crippen molar-refractivity contribution in [1.82, 2.24) is 5.32 Å². The highest BCUT2D eigenvalue weighted by Gasteiger charge is 2.16. The highest BCUT2D eigenvalue weighted by atomic mass is 35.5. The number of rotatable bonds is 6. The summed E-state index contributed by atoms with van der Waals surface area (Å²) in [5.41, 5.74) is 0.184. The monoisotopic (exact) mass is 311 g/mol. The van der Waals surface area contributed by atoms with Crippen LogP contribution in [0.3, 0.4) is 0 Å². The molecule has 2 aromatic rings. The molecule has 21 heavy (non-hydrogen) atoms. The first-order valence-electron chi connectivity index (χ1n) is 6.37. The van der Waals surface area contributed by atoms with Crippen LogP contribution in [0.1, 0.15) is 17.4 Å². The van der Waals surface area contributed by atoms with Gasteiger partial charge in [0.15, 0.2) is 0 Å². The predicted octanol–water partition coefficient (Wildman–Crippen LogP) is 3.12. The zero-order valence-corrected chi connectivity index (χ0v) is 12.2. The maximum atomic E-state index is 13.6. The number of nitrogens with one attached hydrogen (secondary N) is 1. The van der Waals surface area contributed by atoms with Crippen molar-refractivity contribution in [2.75, 3.05) is 13.7 Å². The van der Waals surface area contributed by atoms with Crippen molar-refractivity contribution < 1.29 is 18.3 Å². The normalized spacial score (nSPS) is 12.1. The van der Waals surface area contributed by atoms with Gasteiger partial charge in [-0.2, -0.15) is 0 Å². The molecule has 1 atom stereocenters. The van der Waals surface area contributed by atoms with E-state index in [4.69, 9.17) is 20.8 Å². The van der Waals surface area contributed by atoms with E-state index in [-0.39, 0.29) is 35.6 Å². The molecule has 6 heteroatoms. The van der Waals surface area contributed by atoms with E-state index in [1.165, 1.54) is 25.5 Å². The summed E-state index contributed by atoms with van der Waals surface area (Å²) in [4.78, 5) is 11.9. The Bertz CT molecular complexity index is 581. The summed E-state index contributed by atoms with van der Waals surface area (Å²) < 4.78 is 24.0. The Balaban J connectivity index is 1.93. The molecule has 1 aromatic heterocycles. The lowest BCUT2D eigenvalue weighted by atomic mass is 10.1. The summed E-state index contributed by atoms with van der Waals surface area (Å²) in [5.74, 6) is -0.218. The van der Waals surface area contributed by atoms with E-state index in [1.807, 2.05) is 0 Å². The van der Waals surface area contributed by atoms with Crippen LogP contribution in [-0.4, -0.2) is 19.6 Å². The summed E-state index contributed by atoms with van der Waals surface area (Å²) in [5, 5.41) is 2.91. The molecular weight excluding hydrogens is 297 g/mol. The van der Waals surface area contributed by atoms with Gasteiger partial charge in [0.1, 0.15) is 17.7 Å². The quantitative estimate of drug-likeness (QED) is 0.891. The van der Waals surface area contributed by atoms with Gasteiger partial charge in [-0.25, -0.2) is 4.39 Å². The third-order valence-corrected chi connectivity index (χ3v) is 3.38. The fraction of sp³-hybridized carbons (Fsp3) is 0.267. The van der Waals surface area contributed by atoms with Crippen molar-refractivity contribution >= 4 is 17.5 Å². The molecule has 4 nitrogen and oxygen atoms in total. The van der Waals surface area contributed by atoms with Gasteiger partial charge in [0, 0.05) is 17.7 Å². The Labute approximate surface area is 126 Å². The summed E-state index contributed by atoms with van der Waals surface area (Å²) in [6.45, 7) is 0.231. The van der Waals surface area contributed by atoms with Crippen LogP contribution in [-0.2, 0) is 16.0 Å². The number of amides is 1. The number of benzene rings is 1. The fourth-order valence-corrected chi connectivity index (χ4v) is 2.14. The van der Waals surface area contributed by atoms with Crippen molar-refractivity contribution in [3.63, 3.8) is 0 Å². The van der Waals surface area contributed by atoms with Gasteiger partial charge in [-0.15, -0.1) is 0 Å². The largest absolute Gasteiger partial charge is 0.467 e. The minimum atomic E-state index is -0.494. The maximum Gasteiger partial charge on any atom is 0.224 e. The van der Waals surface area contributed by atoms with Crippen LogP contribution < -0.4 is 5.32 Å². The highest BCUT2D eigenvalue weighted by molar-refractivity contribution is 6.31. The Morgan fingerprint density at radius 1 is 1.43 bits per heavy atom. The molecule has 0 aliphatic carbocycles. The first kappa shape index (κ1) is 15.5. The van der Waals surface area contributed by atoms with Crippen molar-refractivity contribution in [1.29, 1.82) is 0 Å². The van der Waals surface area contributed by atoms with E-state index in [1.54, 1.807) is 18.2 Å². The Morgan fingerprint density at radius 3 is 2.86 bits per heavy atom. The van der Waals surface area contributed by atoms with E-state index >= 15 is 0 Å². The fourth-order valence-electron chi connectivity index (χ4n) is 1.91. The van der Waals surface area contributed by atoms with Gasteiger partial charge in [0.05, 0.1) is 19.2 Å². The Kier molecular flexibility index (Phi) is 5.36. The van der Waals surface area contributed by atoms with Crippen molar-refractivity contribution in [2.24, 2.45) is 0 Å². The molecule has 0 saturated heterocycles. The topological polar surface area (TPSA) is 51.5 Å². The second kappa shape index (κ2) is 7.24. The zero-order valence-electron chi connectivity index (χ0n) is 11.4. The van der Waals surface area contributed by atoms with Crippen LogP contribution in [0.15, 0.2) is 41.0 Å². The SMILES string of the molecule is CO[C@@H](CNC(=O)Cc1c(F)cccc1Cl)c1ccco1. The second-order valence-electron chi connectivity index (χ2n) is 4.42. The summed E-state index contributed by atoms with van der Waals surface area (Å²) in [6, 6.07) is 7.82. The van der Waals surface area contributed by atoms with Crippen LogP contribution in [0.5, 0.6) is 0 Å². The minimum absolute atomic E-state index is 0.125. The van der Waals surface area contributed by atoms with Gasteiger partial charge in [-0.3, -0.25) is 4.79 Å². The third kappa shape index (κ3) is 4.06. The zero-order chi connectivity index (χ0) is 15.2. The summed E-state index contributed by atoms with van der Waals surface area (Å²) >= 11 is 5.89. The Morgan fingerprint density at radius 2 is 2.24 bits per heavy atom. The first-order valence-corrected chi connectivity index (χ1v) is 6.75. The predicted molar refractivity (Wildman–Crippen MR) is 76.6 cm³/mol. The molecule has 2 rings (SSSR count). The van der Waals surface area contributed by atoms with E-state index in [0.717, 1.165) is 0 Å². The molecule has 0 fully saturated rings. The van der Waals surface area contributed by atoms with Gasteiger partial charge >= 0.3 is 0 Å². The summed E-state index contributed by atoms with van der Waals surface area (Å²) in [6.07, 6.45) is 1.02. The molecule has 0 saturated carbocycles. The Hall–Kier alpha value is -1.85. The lowest BCUT2D eigenvalue weighted by Gasteiger charge is -2.14. The summed E-state index contributed by atoms with van der Waals surface area (Å²) in [7, 11) is 1.52. The molecule has 0 aliphatic rings. The number of hydrogen-bond donors (Lipinski definition) is 1. The molecule has 0 spiro atoms. The molecule has 1 N–H and O–H groups in total. The third-order valence-electron chi connectivity index (χ3n) is 3.03. The molecule has 0 radical (unpaired) electrons. The molecular formula is C15H15ClFNO3. The van der Waals surface area contributed by atoms with E-state index in [2.05, 4.69) is 5.32 Å². The van der Waals surface area contributed by atoms with Gasteiger partial charge in [-0.1, -0.05) is 17.7 Å². The number of hydrogen-bond acceptors (Lipinski definition) is 3. The number of carbonyl (C=O) groups is 1. The molecule has 1 aromatic carbocycles. The molecule has 0 unspecified atom stereocenters. The van der Waals surface area contributed by atoms with Crippen LogP contribution in [0.4, 0.5) is 4.39 Å². The molecule has 0 aliphatic heterocycles. The minimum Gasteiger partial charge on any atom is -0.467 e. The molecule has 0 bridgehead atoms. The lowest BCUT2D eigenvalue weighted by Crippen LogP contribution is -2.30. The number of carbonyl (C=O) groups excluding carboxylic acids is 1. The highest BCUT2D eigenvalue weighted by Crippen LogP contribution is 2.20. The first-order chi connectivity index (χ1) is 10.1. The molecule has 1 heterocycles. The smallest absolute Gasteiger partial charge is 0.224 e. The lowest BCUT2D eigenvalue weighted by molar-refractivity contribution is -0.121. The van der Waals surface area contributed by atoms with E-state index < -0.39 is 5.82 Å². The van der Waals surface area contributed by atoms with Crippen molar-refractivity contribution in [3.05, 3.63) is 58.8 Å². The number of halogens is 2. The standard InChI is InChI=1S/C15H15ClFNO3/c1-20-14(13-6-3-7-21-13)9-18-15(19)8-10-11(16)4-2-5-12(10)17/h2-7,14H,8-9H2,1H3,(H,18,19)/t14-/m0/s1. The molecule has 1 amide bonds. The van der Waals surface area contributed by atoms with Gasteiger partial charge in [0.2, 0.25) is 5.91 Å². The van der Waals surface area contributed by atoms with Crippen LogP contribution in [0.2, 0.25) is 5.02 Å². The number of furan rings is 1. The van der Waals surface area contributed by atoms with Gasteiger partial charge in [0.25, 0.3) is 0 Å². The van der Waals surface area contributed by atoms with Crippen molar-refractivity contribution in [3.8, 4) is 0 Å². The second-order valence-corrected chi connectivity index (χ2v) is 4.83. The number of methoxy groups -OCH3 is 1. The van der Waals surface area contributed by atoms with Crippen molar-refractivity contribution in [2.45, 2.75) is 12.5 Å². The molecule has 112 valence electrons. The maximum absolute atomic E-state index is 13.6. The average Bonchev–Trinajstić information content (AvgIpc) is 2.98. The van der Waals surface area contributed by atoms with Gasteiger partial charge < -0.3 is 14.5 Å². The van der Waals surface area contributed by atoms with Crippen LogP contribution in [0.25, 0.3) is 0 Å². The van der Waals surface area contributed by atoms with E-state index in [0.29, 0.717) is 5.76 Å². The number of ether oxygens (including phenoxy) is 1. The average molecular weight is 312 g/mol. The van der Waals surface area contributed by atoms with Crippen LogP contribution in [0, 0.1) is 5.82 Å².